The molecule has 3 heterocycles. The van der Waals surface area contributed by atoms with E-state index in [1.807, 2.05) is 30.3 Å². The van der Waals surface area contributed by atoms with Crippen LogP contribution in [0.3, 0.4) is 0 Å². The van der Waals surface area contributed by atoms with Crippen LogP contribution in [0.2, 0.25) is 0 Å². The van der Waals surface area contributed by atoms with E-state index >= 15 is 0 Å². The third-order valence-electron chi connectivity index (χ3n) is 7.02. The number of aliphatic carboxylic acids is 1. The zero-order valence-corrected chi connectivity index (χ0v) is 19.6. The Kier molecular flexibility index (Phi) is 5.73. The number of carbonyl (C=O) groups is 2. The van der Waals surface area contributed by atoms with E-state index in [1.165, 1.54) is 0 Å². The Bertz CT molecular complexity index is 1300. The van der Waals surface area contributed by atoms with Gasteiger partial charge in [-0.3, -0.25) is 14.5 Å². The molecule has 8 heteroatoms. The Morgan fingerprint density at radius 3 is 2.28 bits per heavy atom. The van der Waals surface area contributed by atoms with Crippen LogP contribution in [0.5, 0.6) is 11.5 Å². The number of hydrogen-bond donors (Lipinski definition) is 1. The van der Waals surface area contributed by atoms with Crippen molar-refractivity contribution in [1.29, 1.82) is 0 Å². The molecular formula is C28H26N2O6. The second kappa shape index (κ2) is 9.20. The molecule has 184 valence electrons. The van der Waals surface area contributed by atoms with Crippen molar-refractivity contribution in [3.8, 4) is 11.5 Å². The molecule has 8 nitrogen and oxygen atoms in total. The van der Waals surface area contributed by atoms with Crippen LogP contribution in [0.1, 0.15) is 33.4 Å². The number of carboxylic acids is 1. The first kappa shape index (κ1) is 22.4. The summed E-state index contributed by atoms with van der Waals surface area (Å²) in [4.78, 5) is 30.5. The van der Waals surface area contributed by atoms with Crippen LogP contribution in [0.4, 0.5) is 11.4 Å². The molecule has 0 bridgehead atoms. The van der Waals surface area contributed by atoms with Crippen molar-refractivity contribution in [3.63, 3.8) is 0 Å². The van der Waals surface area contributed by atoms with Crippen molar-refractivity contribution in [2.45, 2.75) is 12.0 Å². The molecule has 2 unspecified atom stereocenters. The quantitative estimate of drug-likeness (QED) is 0.599. The molecule has 3 aliphatic heterocycles. The number of nitrogens with zero attached hydrogens (tertiary/aromatic N) is 2. The van der Waals surface area contributed by atoms with Gasteiger partial charge < -0.3 is 24.2 Å². The highest BCUT2D eigenvalue weighted by molar-refractivity contribution is 6.11. The van der Waals surface area contributed by atoms with Crippen molar-refractivity contribution in [2.24, 2.45) is 0 Å². The second-order valence-electron chi connectivity index (χ2n) is 9.04. The lowest BCUT2D eigenvalue weighted by Gasteiger charge is -2.41. The normalized spacial score (nSPS) is 21.2. The number of amides is 1. The number of benzene rings is 3. The minimum absolute atomic E-state index is 0.234. The van der Waals surface area contributed by atoms with Gasteiger partial charge in [-0.05, 0) is 53.6 Å². The summed E-state index contributed by atoms with van der Waals surface area (Å²) < 4.78 is 16.9. The zero-order chi connectivity index (χ0) is 24.6. The average molecular weight is 487 g/mol. The third-order valence-corrected chi connectivity index (χ3v) is 7.02. The summed E-state index contributed by atoms with van der Waals surface area (Å²) in [6, 6.07) is 19.3. The first-order chi connectivity index (χ1) is 17.6. The van der Waals surface area contributed by atoms with Gasteiger partial charge in [0, 0.05) is 30.0 Å². The van der Waals surface area contributed by atoms with E-state index in [2.05, 4.69) is 4.90 Å². The van der Waals surface area contributed by atoms with Crippen LogP contribution in [-0.4, -0.2) is 56.5 Å². The van der Waals surface area contributed by atoms with Gasteiger partial charge in [-0.25, -0.2) is 0 Å². The van der Waals surface area contributed by atoms with Gasteiger partial charge in [0.15, 0.2) is 11.5 Å². The van der Waals surface area contributed by atoms with E-state index < -0.39 is 17.9 Å². The molecule has 0 aliphatic carbocycles. The lowest BCUT2D eigenvalue weighted by Crippen LogP contribution is -2.45. The Morgan fingerprint density at radius 2 is 1.53 bits per heavy atom. The van der Waals surface area contributed by atoms with Gasteiger partial charge in [0.1, 0.15) is 19.1 Å². The molecule has 2 atom stereocenters. The highest BCUT2D eigenvalue weighted by Gasteiger charge is 2.45. The Balaban J connectivity index is 1.47. The van der Waals surface area contributed by atoms with Crippen molar-refractivity contribution in [2.75, 3.05) is 49.3 Å². The average Bonchev–Trinajstić information content (AvgIpc) is 2.93. The van der Waals surface area contributed by atoms with E-state index in [4.69, 9.17) is 14.2 Å². The van der Waals surface area contributed by atoms with Crippen LogP contribution in [0.15, 0.2) is 66.7 Å². The lowest BCUT2D eigenvalue weighted by molar-refractivity contribution is -0.139. The predicted molar refractivity (Wildman–Crippen MR) is 133 cm³/mol. The van der Waals surface area contributed by atoms with Gasteiger partial charge in [0.05, 0.1) is 19.3 Å². The van der Waals surface area contributed by atoms with Gasteiger partial charge in [-0.2, -0.15) is 0 Å². The minimum atomic E-state index is -0.996. The Labute approximate surface area is 208 Å². The maximum Gasteiger partial charge on any atom is 0.313 e. The first-order valence-corrected chi connectivity index (χ1v) is 12.1. The highest BCUT2D eigenvalue weighted by Crippen LogP contribution is 2.47. The van der Waals surface area contributed by atoms with Crippen LogP contribution in [-0.2, 0) is 9.53 Å². The van der Waals surface area contributed by atoms with Gasteiger partial charge in [-0.15, -0.1) is 0 Å². The van der Waals surface area contributed by atoms with Crippen molar-refractivity contribution < 1.29 is 28.9 Å². The number of anilines is 2. The summed E-state index contributed by atoms with van der Waals surface area (Å²) in [5.41, 5.74) is 3.26. The number of carbonyl (C=O) groups excluding carboxylic acids is 1. The lowest BCUT2D eigenvalue weighted by atomic mass is 9.79. The highest BCUT2D eigenvalue weighted by atomic mass is 16.6. The molecular weight excluding hydrogens is 460 g/mol. The van der Waals surface area contributed by atoms with Crippen molar-refractivity contribution >= 4 is 23.3 Å². The van der Waals surface area contributed by atoms with Gasteiger partial charge in [0.25, 0.3) is 5.91 Å². The Morgan fingerprint density at radius 1 is 0.833 bits per heavy atom. The van der Waals surface area contributed by atoms with Crippen molar-refractivity contribution in [1.82, 2.24) is 0 Å². The maximum atomic E-state index is 13.9. The first-order valence-electron chi connectivity index (χ1n) is 12.1. The summed E-state index contributed by atoms with van der Waals surface area (Å²) >= 11 is 0. The fourth-order valence-corrected chi connectivity index (χ4v) is 5.32. The molecule has 1 saturated heterocycles. The van der Waals surface area contributed by atoms with E-state index in [0.717, 1.165) is 18.8 Å². The molecule has 1 N–H and O–H groups in total. The molecule has 3 aromatic rings. The van der Waals surface area contributed by atoms with Crippen molar-refractivity contribution in [3.05, 3.63) is 83.4 Å². The number of hydrogen-bond acceptors (Lipinski definition) is 6. The van der Waals surface area contributed by atoms with Crippen LogP contribution >= 0.6 is 0 Å². The maximum absolute atomic E-state index is 13.9. The smallest absolute Gasteiger partial charge is 0.313 e. The van der Waals surface area contributed by atoms with Gasteiger partial charge in [-0.1, -0.05) is 24.3 Å². The van der Waals surface area contributed by atoms with E-state index in [-0.39, 0.29) is 5.91 Å². The fraction of sp³-hybridized carbons (Fsp3) is 0.286. The monoisotopic (exact) mass is 486 g/mol. The third kappa shape index (κ3) is 3.83. The molecule has 0 spiro atoms. The van der Waals surface area contributed by atoms with Crippen LogP contribution in [0.25, 0.3) is 0 Å². The largest absolute Gasteiger partial charge is 0.486 e. The fourth-order valence-electron chi connectivity index (χ4n) is 5.32. The summed E-state index contributed by atoms with van der Waals surface area (Å²) in [7, 11) is 0. The minimum Gasteiger partial charge on any atom is -0.486 e. The molecule has 3 aromatic carbocycles. The predicted octanol–water partition coefficient (Wildman–Crippen LogP) is 3.86. The molecule has 0 radical (unpaired) electrons. The van der Waals surface area contributed by atoms with Gasteiger partial charge >= 0.3 is 5.97 Å². The van der Waals surface area contributed by atoms with E-state index in [9.17, 15) is 14.7 Å². The van der Waals surface area contributed by atoms with E-state index in [0.29, 0.717) is 60.3 Å². The van der Waals surface area contributed by atoms with Crippen LogP contribution in [0, 0.1) is 0 Å². The number of morpholine rings is 1. The molecule has 36 heavy (non-hydrogen) atoms. The molecule has 6 rings (SSSR count). The summed E-state index contributed by atoms with van der Waals surface area (Å²) in [5, 5.41) is 10.4. The standard InChI is InChI=1S/C28H26N2O6/c31-27-22-4-2-1-3-21(22)25(28(32)33)26(18-5-10-23-24(17-18)36-16-15-35-23)30(27)20-8-6-19(7-9-20)29-11-13-34-14-12-29/h1-10,17,25-26H,11-16H2,(H,32,33). The van der Waals surface area contributed by atoms with Gasteiger partial charge in [0.2, 0.25) is 0 Å². The molecule has 0 saturated carbocycles. The number of ether oxygens (including phenoxy) is 3. The number of fused-ring (bicyclic) bond motifs is 2. The van der Waals surface area contributed by atoms with E-state index in [1.54, 1.807) is 41.3 Å². The Hall–Kier alpha value is -4.04. The molecule has 3 aliphatic rings. The summed E-state index contributed by atoms with van der Waals surface area (Å²) in [6.45, 7) is 3.83. The topological polar surface area (TPSA) is 88.5 Å². The summed E-state index contributed by atoms with van der Waals surface area (Å²) in [5.74, 6) is -1.02. The molecule has 1 fully saturated rings. The zero-order valence-electron chi connectivity index (χ0n) is 19.6. The second-order valence-corrected chi connectivity index (χ2v) is 9.04. The number of carboxylic acid groups (broad SMARTS) is 1. The molecule has 0 aromatic heterocycles. The number of rotatable bonds is 4. The SMILES string of the molecule is O=C(O)C1c2ccccc2C(=O)N(c2ccc(N3CCOCC3)cc2)C1c1ccc2c(c1)OCCO2. The molecule has 1 amide bonds. The van der Waals surface area contributed by atoms with Crippen LogP contribution < -0.4 is 19.3 Å². The summed E-state index contributed by atoms with van der Waals surface area (Å²) in [6.07, 6.45) is 0.